The van der Waals surface area contributed by atoms with Gasteiger partial charge in [0.15, 0.2) is 0 Å². The highest BCUT2D eigenvalue weighted by molar-refractivity contribution is 5.85. The van der Waals surface area contributed by atoms with E-state index in [1.54, 1.807) is 0 Å². The van der Waals surface area contributed by atoms with E-state index in [0.717, 1.165) is 24.3 Å². The first-order chi connectivity index (χ1) is 9.15. The molecule has 5 heteroatoms. The van der Waals surface area contributed by atoms with Crippen LogP contribution in [-0.4, -0.2) is 29.3 Å². The molecule has 1 heterocycles. The second-order valence-corrected chi connectivity index (χ2v) is 4.10. The van der Waals surface area contributed by atoms with Gasteiger partial charge in [-0.3, -0.25) is 0 Å². The fourth-order valence-electron chi connectivity index (χ4n) is 1.96. The number of carboxylic acids is 1. The maximum absolute atomic E-state index is 10.8. The van der Waals surface area contributed by atoms with Crippen LogP contribution >= 0.6 is 0 Å². The van der Waals surface area contributed by atoms with Crippen molar-refractivity contribution < 1.29 is 14.4 Å². The molecule has 1 N–H and O–H groups in total. The summed E-state index contributed by atoms with van der Waals surface area (Å²) in [5, 5.41) is 12.6. The van der Waals surface area contributed by atoms with Crippen molar-refractivity contribution >= 4 is 11.7 Å². The normalized spacial score (nSPS) is 10.4. The second-order valence-electron chi connectivity index (χ2n) is 4.10. The van der Waals surface area contributed by atoms with Crippen molar-refractivity contribution in [1.29, 1.82) is 0 Å². The number of carbonyl (C=O) groups is 1. The number of carboxylic acid groups (broad SMARTS) is 1. The zero-order valence-corrected chi connectivity index (χ0v) is 11.0. The molecule has 0 aliphatic heterocycles. The molecule has 2 rings (SSSR count). The Labute approximate surface area is 111 Å². The molecule has 0 saturated carbocycles. The van der Waals surface area contributed by atoms with Crippen molar-refractivity contribution in [2.24, 2.45) is 0 Å². The summed E-state index contributed by atoms with van der Waals surface area (Å²) in [5.74, 6) is -1.26. The van der Waals surface area contributed by atoms with Crippen molar-refractivity contribution in [3.8, 4) is 11.3 Å². The van der Waals surface area contributed by atoms with E-state index in [0.29, 0.717) is 5.69 Å². The summed E-state index contributed by atoms with van der Waals surface area (Å²) in [6.45, 7) is 6.02. The fraction of sp³-hybridized carbons (Fsp3) is 0.286. The Hall–Kier alpha value is -2.30. The molecule has 0 aliphatic carbocycles. The minimum absolute atomic E-state index is 0.150. The summed E-state index contributed by atoms with van der Waals surface area (Å²) in [7, 11) is 0. The zero-order chi connectivity index (χ0) is 13.8. The Bertz CT molecular complexity index is 574. The summed E-state index contributed by atoms with van der Waals surface area (Å²) >= 11 is 0. The Morgan fingerprint density at radius 2 is 2.05 bits per heavy atom. The van der Waals surface area contributed by atoms with E-state index >= 15 is 0 Å². The molecule has 0 spiro atoms. The molecule has 0 fully saturated rings. The Kier molecular flexibility index (Phi) is 3.85. The van der Waals surface area contributed by atoms with Crippen LogP contribution in [0.4, 0.5) is 5.69 Å². The summed E-state index contributed by atoms with van der Waals surface area (Å²) < 4.78 is 4.77. The highest BCUT2D eigenvalue weighted by atomic mass is 16.5. The third-order valence-corrected chi connectivity index (χ3v) is 2.99. The van der Waals surface area contributed by atoms with Crippen LogP contribution in [0.15, 0.2) is 34.9 Å². The van der Waals surface area contributed by atoms with Gasteiger partial charge < -0.3 is 14.5 Å². The van der Waals surface area contributed by atoms with Crippen LogP contribution in [0.5, 0.6) is 0 Å². The summed E-state index contributed by atoms with van der Waals surface area (Å²) in [4.78, 5) is 13.0. The molecule has 100 valence electrons. The van der Waals surface area contributed by atoms with Gasteiger partial charge in [0.2, 0.25) is 5.76 Å². The molecular weight excluding hydrogens is 244 g/mol. The third-order valence-electron chi connectivity index (χ3n) is 2.99. The lowest BCUT2D eigenvalue weighted by molar-refractivity contribution is 0.0652. The lowest BCUT2D eigenvalue weighted by atomic mass is 10.1. The molecule has 1 aromatic carbocycles. The minimum Gasteiger partial charge on any atom is -0.475 e. The van der Waals surface area contributed by atoms with Gasteiger partial charge in [0, 0.05) is 30.4 Å². The Balaban J connectivity index is 2.34. The number of anilines is 1. The van der Waals surface area contributed by atoms with Crippen LogP contribution in [0, 0.1) is 0 Å². The van der Waals surface area contributed by atoms with Crippen LogP contribution < -0.4 is 4.90 Å². The van der Waals surface area contributed by atoms with Gasteiger partial charge in [0.1, 0.15) is 5.69 Å². The van der Waals surface area contributed by atoms with E-state index in [2.05, 4.69) is 23.9 Å². The molecule has 0 atom stereocenters. The van der Waals surface area contributed by atoms with Crippen molar-refractivity contribution in [3.05, 3.63) is 36.1 Å². The molecule has 0 bridgehead atoms. The van der Waals surface area contributed by atoms with Gasteiger partial charge in [0.05, 0.1) is 0 Å². The van der Waals surface area contributed by atoms with E-state index < -0.39 is 5.97 Å². The highest BCUT2D eigenvalue weighted by Crippen LogP contribution is 2.24. The predicted octanol–water partition coefficient (Wildman–Crippen LogP) is 2.89. The van der Waals surface area contributed by atoms with Crippen LogP contribution in [0.2, 0.25) is 0 Å². The average Bonchev–Trinajstić information content (AvgIpc) is 2.90. The topological polar surface area (TPSA) is 66.6 Å². The Morgan fingerprint density at radius 1 is 1.32 bits per heavy atom. The van der Waals surface area contributed by atoms with Gasteiger partial charge in [-0.1, -0.05) is 17.3 Å². The number of hydrogen-bond acceptors (Lipinski definition) is 4. The summed E-state index contributed by atoms with van der Waals surface area (Å²) in [5.41, 5.74) is 2.47. The monoisotopic (exact) mass is 260 g/mol. The molecule has 0 aliphatic rings. The van der Waals surface area contributed by atoms with E-state index in [1.165, 1.54) is 6.07 Å². The molecule has 2 aromatic rings. The average molecular weight is 260 g/mol. The Morgan fingerprint density at radius 3 is 2.63 bits per heavy atom. The lowest BCUT2D eigenvalue weighted by Crippen LogP contribution is -2.21. The SMILES string of the molecule is CCN(CC)c1cccc(-c2cc(C(=O)O)on2)c1. The van der Waals surface area contributed by atoms with Crippen molar-refractivity contribution in [2.45, 2.75) is 13.8 Å². The van der Waals surface area contributed by atoms with Gasteiger partial charge in [0.25, 0.3) is 0 Å². The van der Waals surface area contributed by atoms with Crippen LogP contribution in [0.25, 0.3) is 11.3 Å². The molecule has 0 unspecified atom stereocenters. The van der Waals surface area contributed by atoms with Crippen LogP contribution in [0.1, 0.15) is 24.4 Å². The quantitative estimate of drug-likeness (QED) is 0.895. The fourth-order valence-corrected chi connectivity index (χ4v) is 1.96. The number of aromatic nitrogens is 1. The largest absolute Gasteiger partial charge is 0.475 e. The van der Waals surface area contributed by atoms with Crippen molar-refractivity contribution in [1.82, 2.24) is 5.16 Å². The molecular formula is C14H16N2O3. The lowest BCUT2D eigenvalue weighted by Gasteiger charge is -2.21. The van der Waals surface area contributed by atoms with Gasteiger partial charge in [-0.2, -0.15) is 0 Å². The molecule has 0 saturated heterocycles. The number of nitrogens with zero attached hydrogens (tertiary/aromatic N) is 2. The molecule has 19 heavy (non-hydrogen) atoms. The number of hydrogen-bond donors (Lipinski definition) is 1. The molecule has 0 amide bonds. The second kappa shape index (κ2) is 5.56. The maximum atomic E-state index is 10.8. The summed E-state index contributed by atoms with van der Waals surface area (Å²) in [6.07, 6.45) is 0. The molecule has 5 nitrogen and oxygen atoms in total. The minimum atomic E-state index is -1.11. The van der Waals surface area contributed by atoms with E-state index in [9.17, 15) is 4.79 Å². The van der Waals surface area contributed by atoms with Crippen LogP contribution in [0.3, 0.4) is 0 Å². The van der Waals surface area contributed by atoms with Crippen LogP contribution in [-0.2, 0) is 0 Å². The maximum Gasteiger partial charge on any atom is 0.374 e. The number of aromatic carboxylic acids is 1. The number of rotatable bonds is 5. The summed E-state index contributed by atoms with van der Waals surface area (Å²) in [6, 6.07) is 9.25. The van der Waals surface area contributed by atoms with Gasteiger partial charge in [-0.25, -0.2) is 4.79 Å². The van der Waals surface area contributed by atoms with Gasteiger partial charge >= 0.3 is 5.97 Å². The highest BCUT2D eigenvalue weighted by Gasteiger charge is 2.13. The van der Waals surface area contributed by atoms with E-state index in [4.69, 9.17) is 9.63 Å². The first-order valence-corrected chi connectivity index (χ1v) is 6.21. The predicted molar refractivity (Wildman–Crippen MR) is 72.5 cm³/mol. The van der Waals surface area contributed by atoms with Crippen molar-refractivity contribution in [3.63, 3.8) is 0 Å². The van der Waals surface area contributed by atoms with Gasteiger partial charge in [-0.05, 0) is 26.0 Å². The third kappa shape index (κ3) is 2.76. The van der Waals surface area contributed by atoms with E-state index in [-0.39, 0.29) is 5.76 Å². The molecule has 1 aromatic heterocycles. The zero-order valence-electron chi connectivity index (χ0n) is 11.0. The number of benzene rings is 1. The first-order valence-electron chi connectivity index (χ1n) is 6.21. The van der Waals surface area contributed by atoms with E-state index in [1.807, 2.05) is 24.3 Å². The smallest absolute Gasteiger partial charge is 0.374 e. The molecule has 0 radical (unpaired) electrons. The van der Waals surface area contributed by atoms with Gasteiger partial charge in [-0.15, -0.1) is 0 Å². The van der Waals surface area contributed by atoms with Crippen molar-refractivity contribution in [2.75, 3.05) is 18.0 Å². The first kappa shape index (κ1) is 13.1. The standard InChI is InChI=1S/C14H16N2O3/c1-3-16(4-2)11-7-5-6-10(8-11)12-9-13(14(17)18)19-15-12/h5-9H,3-4H2,1-2H3,(H,17,18).